The molecule has 0 unspecified atom stereocenters. The highest BCUT2D eigenvalue weighted by Crippen LogP contribution is 2.22. The normalized spacial score (nSPS) is 13.8. The van der Waals surface area contributed by atoms with Crippen molar-refractivity contribution in [2.24, 2.45) is 0 Å². The average Bonchev–Trinajstić information content (AvgIpc) is 2.85. The van der Waals surface area contributed by atoms with Crippen molar-refractivity contribution in [2.75, 3.05) is 43.9 Å². The van der Waals surface area contributed by atoms with Crippen LogP contribution in [-0.4, -0.2) is 48.3 Å². The quantitative estimate of drug-likeness (QED) is 0.758. The molecule has 2 N–H and O–H groups in total. The smallest absolute Gasteiger partial charge is 0.250 e. The van der Waals surface area contributed by atoms with Crippen LogP contribution in [-0.2, 0) is 19.4 Å². The first kappa shape index (κ1) is 18.4. The number of aromatic nitrogens is 3. The van der Waals surface area contributed by atoms with Crippen LogP contribution in [0.2, 0.25) is 0 Å². The second-order valence-corrected chi connectivity index (χ2v) is 6.88. The first-order valence-corrected chi connectivity index (χ1v) is 9.24. The monoisotopic (exact) mass is 356 g/mol. The number of rotatable bonds is 6. The minimum absolute atomic E-state index is 0.0573. The third-order valence-corrected chi connectivity index (χ3v) is 4.69. The van der Waals surface area contributed by atoms with Crippen molar-refractivity contribution >= 4 is 11.8 Å². The van der Waals surface area contributed by atoms with E-state index < -0.39 is 0 Å². The molecule has 7 nitrogen and oxygen atoms in total. The van der Waals surface area contributed by atoms with Crippen molar-refractivity contribution in [1.82, 2.24) is 19.9 Å². The van der Waals surface area contributed by atoms with Crippen molar-refractivity contribution in [3.05, 3.63) is 45.5 Å². The molecule has 3 heterocycles. The Bertz CT molecular complexity index is 814. The SMILES string of the molecule is Cc1cccc(=O)n1CCCNc1nc(N(C)C)nc2c1CCNCC2. The number of hydrogen-bond acceptors (Lipinski definition) is 6. The van der Waals surface area contributed by atoms with Crippen LogP contribution in [0.5, 0.6) is 0 Å². The van der Waals surface area contributed by atoms with Gasteiger partial charge in [-0.05, 0) is 32.4 Å². The average molecular weight is 356 g/mol. The van der Waals surface area contributed by atoms with E-state index in [-0.39, 0.29) is 5.56 Å². The Kier molecular flexibility index (Phi) is 5.88. The van der Waals surface area contributed by atoms with Gasteiger partial charge in [-0.15, -0.1) is 0 Å². The highest BCUT2D eigenvalue weighted by atomic mass is 16.1. The molecule has 2 aromatic heterocycles. The molecule has 0 spiro atoms. The lowest BCUT2D eigenvalue weighted by molar-refractivity contribution is 0.621. The molecular formula is C19H28N6O. The minimum Gasteiger partial charge on any atom is -0.370 e. The Balaban J connectivity index is 1.71. The Morgan fingerprint density at radius 2 is 2.04 bits per heavy atom. The number of nitrogens with zero attached hydrogens (tertiary/aromatic N) is 4. The zero-order valence-corrected chi connectivity index (χ0v) is 15.9. The summed E-state index contributed by atoms with van der Waals surface area (Å²) < 4.78 is 1.82. The lowest BCUT2D eigenvalue weighted by Crippen LogP contribution is -2.22. The molecule has 7 heteroatoms. The Morgan fingerprint density at radius 3 is 2.81 bits per heavy atom. The van der Waals surface area contributed by atoms with Gasteiger partial charge in [-0.1, -0.05) is 6.07 Å². The van der Waals surface area contributed by atoms with Crippen molar-refractivity contribution in [1.29, 1.82) is 0 Å². The molecule has 2 aromatic rings. The first-order valence-electron chi connectivity index (χ1n) is 9.24. The van der Waals surface area contributed by atoms with Crippen molar-refractivity contribution in [2.45, 2.75) is 32.7 Å². The van der Waals surface area contributed by atoms with Crippen molar-refractivity contribution < 1.29 is 0 Å². The zero-order chi connectivity index (χ0) is 18.5. The van der Waals surface area contributed by atoms with Crippen LogP contribution in [0, 0.1) is 6.92 Å². The van der Waals surface area contributed by atoms with Gasteiger partial charge in [0.1, 0.15) is 5.82 Å². The second-order valence-electron chi connectivity index (χ2n) is 6.88. The van der Waals surface area contributed by atoms with Gasteiger partial charge in [-0.2, -0.15) is 4.98 Å². The fourth-order valence-corrected chi connectivity index (χ4v) is 3.23. The maximum absolute atomic E-state index is 12.0. The molecule has 1 aliphatic rings. The number of nitrogens with one attached hydrogen (secondary N) is 2. The molecule has 0 saturated heterocycles. The number of pyridine rings is 1. The summed E-state index contributed by atoms with van der Waals surface area (Å²) in [5.41, 5.74) is 3.40. The molecule has 26 heavy (non-hydrogen) atoms. The highest BCUT2D eigenvalue weighted by molar-refractivity contribution is 5.51. The summed E-state index contributed by atoms with van der Waals surface area (Å²) in [5.74, 6) is 1.67. The molecule has 3 rings (SSSR count). The van der Waals surface area contributed by atoms with Gasteiger partial charge in [0.05, 0.1) is 5.69 Å². The third-order valence-electron chi connectivity index (χ3n) is 4.69. The summed E-state index contributed by atoms with van der Waals surface area (Å²) in [5, 5.41) is 6.91. The van der Waals surface area contributed by atoms with E-state index >= 15 is 0 Å². The van der Waals surface area contributed by atoms with Gasteiger partial charge in [0.15, 0.2) is 0 Å². The third kappa shape index (κ3) is 4.22. The Labute approximate surface area is 154 Å². The van der Waals surface area contributed by atoms with E-state index in [1.807, 2.05) is 36.6 Å². The van der Waals surface area contributed by atoms with E-state index in [0.29, 0.717) is 6.54 Å². The van der Waals surface area contributed by atoms with E-state index in [4.69, 9.17) is 9.97 Å². The topological polar surface area (TPSA) is 75.1 Å². The summed E-state index contributed by atoms with van der Waals surface area (Å²) in [6, 6.07) is 5.38. The molecule has 0 amide bonds. The van der Waals surface area contributed by atoms with Gasteiger partial charge in [-0.3, -0.25) is 4.79 Å². The molecule has 0 saturated carbocycles. The molecule has 1 aliphatic heterocycles. The summed E-state index contributed by atoms with van der Waals surface area (Å²) in [4.78, 5) is 23.3. The van der Waals surface area contributed by atoms with E-state index in [2.05, 4.69) is 10.6 Å². The standard InChI is InChI=1S/C19H28N6O/c1-14-6-4-7-17(26)25(14)13-5-10-21-18-15-8-11-20-12-9-16(15)22-19(23-18)24(2)3/h4,6-7,20H,5,8-13H2,1-3H3,(H,21,22,23). The van der Waals surface area contributed by atoms with Crippen molar-refractivity contribution in [3.8, 4) is 0 Å². The highest BCUT2D eigenvalue weighted by Gasteiger charge is 2.17. The molecule has 0 aliphatic carbocycles. The van der Waals surface area contributed by atoms with Crippen LogP contribution in [0.15, 0.2) is 23.0 Å². The molecule has 0 fully saturated rings. The van der Waals surface area contributed by atoms with Crippen LogP contribution in [0.3, 0.4) is 0 Å². The fourth-order valence-electron chi connectivity index (χ4n) is 3.23. The van der Waals surface area contributed by atoms with E-state index in [0.717, 1.165) is 62.1 Å². The Hall–Kier alpha value is -2.41. The van der Waals surface area contributed by atoms with E-state index in [1.54, 1.807) is 12.1 Å². The van der Waals surface area contributed by atoms with Crippen molar-refractivity contribution in [3.63, 3.8) is 0 Å². The molecule has 0 bridgehead atoms. The summed E-state index contributed by atoms with van der Waals surface area (Å²) >= 11 is 0. The summed E-state index contributed by atoms with van der Waals surface area (Å²) in [7, 11) is 3.93. The number of hydrogen-bond donors (Lipinski definition) is 2. The van der Waals surface area contributed by atoms with E-state index in [1.165, 1.54) is 5.56 Å². The van der Waals surface area contributed by atoms with Gasteiger partial charge in [0, 0.05) is 57.5 Å². The number of anilines is 2. The number of aryl methyl sites for hydroxylation is 1. The van der Waals surface area contributed by atoms with Crippen LogP contribution in [0.25, 0.3) is 0 Å². The molecular weight excluding hydrogens is 328 g/mol. The molecule has 0 aromatic carbocycles. The second kappa shape index (κ2) is 8.31. The number of fused-ring (bicyclic) bond motifs is 1. The Morgan fingerprint density at radius 1 is 1.23 bits per heavy atom. The lowest BCUT2D eigenvalue weighted by Gasteiger charge is -2.18. The first-order chi connectivity index (χ1) is 12.6. The largest absolute Gasteiger partial charge is 0.370 e. The van der Waals surface area contributed by atoms with Gasteiger partial charge < -0.3 is 20.1 Å². The van der Waals surface area contributed by atoms with Crippen LogP contribution < -0.4 is 21.1 Å². The maximum Gasteiger partial charge on any atom is 0.250 e. The van der Waals surface area contributed by atoms with Crippen LogP contribution >= 0.6 is 0 Å². The molecule has 0 atom stereocenters. The fraction of sp³-hybridized carbons (Fsp3) is 0.526. The summed E-state index contributed by atoms with van der Waals surface area (Å²) in [6.45, 7) is 5.34. The van der Waals surface area contributed by atoms with Gasteiger partial charge in [0.25, 0.3) is 5.56 Å². The minimum atomic E-state index is 0.0573. The maximum atomic E-state index is 12.0. The lowest BCUT2D eigenvalue weighted by atomic mass is 10.1. The van der Waals surface area contributed by atoms with Gasteiger partial charge in [0.2, 0.25) is 5.95 Å². The molecule has 140 valence electrons. The predicted octanol–water partition coefficient (Wildman–Crippen LogP) is 1.20. The van der Waals surface area contributed by atoms with E-state index in [9.17, 15) is 4.79 Å². The zero-order valence-electron chi connectivity index (χ0n) is 15.9. The van der Waals surface area contributed by atoms with Gasteiger partial charge in [-0.25, -0.2) is 4.98 Å². The van der Waals surface area contributed by atoms with Gasteiger partial charge >= 0.3 is 0 Å². The van der Waals surface area contributed by atoms with Crippen LogP contribution in [0.4, 0.5) is 11.8 Å². The summed E-state index contributed by atoms with van der Waals surface area (Å²) in [6.07, 6.45) is 2.72. The predicted molar refractivity (Wildman–Crippen MR) is 105 cm³/mol. The van der Waals surface area contributed by atoms with Crippen LogP contribution in [0.1, 0.15) is 23.4 Å². The molecule has 0 radical (unpaired) electrons.